The molecule has 2 rings (SSSR count). The maximum absolute atomic E-state index is 12.1. The molecular weight excluding hydrogens is 378 g/mol. The van der Waals surface area contributed by atoms with Crippen molar-refractivity contribution in [3.05, 3.63) is 57.5 Å². The number of carbonyl (C=O) groups excluding carboxylic acids is 1. The van der Waals surface area contributed by atoms with Crippen molar-refractivity contribution in [1.82, 2.24) is 0 Å². The Morgan fingerprint density at radius 1 is 1.14 bits per heavy atom. The third-order valence-corrected chi connectivity index (χ3v) is 5.08. The fourth-order valence-electron chi connectivity index (χ4n) is 1.63. The van der Waals surface area contributed by atoms with Crippen LogP contribution in [0.15, 0.2) is 51.8 Å². The van der Waals surface area contributed by atoms with Gasteiger partial charge in [0.2, 0.25) is 0 Å². The molecule has 0 spiro atoms. The van der Waals surface area contributed by atoms with Gasteiger partial charge >= 0.3 is 0 Å². The number of sulfone groups is 1. The third kappa shape index (κ3) is 4.06. The molecule has 0 fully saturated rings. The Balaban J connectivity index is 2.18. The van der Waals surface area contributed by atoms with Gasteiger partial charge in [0.1, 0.15) is 0 Å². The van der Waals surface area contributed by atoms with Crippen LogP contribution in [0.3, 0.4) is 0 Å². The fraction of sp³-hybridized carbons (Fsp3) is 0.0714. The monoisotopic (exact) mass is 387 g/mol. The highest BCUT2D eigenvalue weighted by Gasteiger charge is 2.10. The number of amides is 1. The minimum absolute atomic E-state index is 0.201. The van der Waals surface area contributed by atoms with E-state index in [1.165, 1.54) is 24.3 Å². The largest absolute Gasteiger partial charge is 0.322 e. The summed E-state index contributed by atoms with van der Waals surface area (Å²) < 4.78 is 23.4. The zero-order valence-electron chi connectivity index (χ0n) is 10.9. The van der Waals surface area contributed by atoms with Crippen LogP contribution in [-0.4, -0.2) is 20.6 Å². The van der Waals surface area contributed by atoms with Gasteiger partial charge in [-0.1, -0.05) is 11.6 Å². The Morgan fingerprint density at radius 2 is 1.76 bits per heavy atom. The van der Waals surface area contributed by atoms with Gasteiger partial charge in [-0.25, -0.2) is 8.42 Å². The first kappa shape index (κ1) is 16.0. The van der Waals surface area contributed by atoms with E-state index in [0.717, 1.165) is 6.26 Å². The Labute approximate surface area is 136 Å². The van der Waals surface area contributed by atoms with E-state index in [9.17, 15) is 13.2 Å². The van der Waals surface area contributed by atoms with Crippen LogP contribution >= 0.6 is 27.5 Å². The van der Waals surface area contributed by atoms with Crippen LogP contribution in [0.2, 0.25) is 5.02 Å². The number of rotatable bonds is 3. The predicted octanol–water partition coefficient (Wildman–Crippen LogP) is 3.76. The second-order valence-electron chi connectivity index (χ2n) is 4.38. The molecule has 4 nitrogen and oxygen atoms in total. The SMILES string of the molecule is CS(=O)(=O)c1ccc(NC(=O)c2ccc(Br)c(Cl)c2)cc1. The number of hydrogen-bond donors (Lipinski definition) is 1. The summed E-state index contributed by atoms with van der Waals surface area (Å²) in [6.07, 6.45) is 1.13. The first-order chi connectivity index (χ1) is 9.77. The quantitative estimate of drug-likeness (QED) is 0.871. The number of benzene rings is 2. The lowest BCUT2D eigenvalue weighted by atomic mass is 10.2. The molecule has 2 aromatic rings. The summed E-state index contributed by atoms with van der Waals surface area (Å²) in [5.74, 6) is -0.323. The normalized spacial score (nSPS) is 11.2. The van der Waals surface area contributed by atoms with Gasteiger partial charge in [0.15, 0.2) is 9.84 Å². The molecule has 0 bridgehead atoms. The summed E-state index contributed by atoms with van der Waals surface area (Å²) in [5, 5.41) is 3.12. The lowest BCUT2D eigenvalue weighted by Crippen LogP contribution is -2.12. The summed E-state index contributed by atoms with van der Waals surface area (Å²) >= 11 is 9.19. The molecule has 0 aliphatic carbocycles. The van der Waals surface area contributed by atoms with Crippen LogP contribution in [0.4, 0.5) is 5.69 Å². The van der Waals surface area contributed by atoms with Crippen LogP contribution in [0.25, 0.3) is 0 Å². The van der Waals surface area contributed by atoms with Crippen LogP contribution in [0, 0.1) is 0 Å². The molecule has 0 saturated heterocycles. The van der Waals surface area contributed by atoms with Crippen molar-refractivity contribution < 1.29 is 13.2 Å². The van der Waals surface area contributed by atoms with Gasteiger partial charge in [-0.2, -0.15) is 0 Å². The molecule has 0 aliphatic rings. The zero-order valence-corrected chi connectivity index (χ0v) is 14.1. The maximum atomic E-state index is 12.1. The van der Waals surface area contributed by atoms with Crippen molar-refractivity contribution in [2.45, 2.75) is 4.90 Å². The first-order valence-electron chi connectivity index (χ1n) is 5.84. The summed E-state index contributed by atoms with van der Waals surface area (Å²) in [4.78, 5) is 12.3. The highest BCUT2D eigenvalue weighted by atomic mass is 79.9. The summed E-state index contributed by atoms with van der Waals surface area (Å²) in [5.41, 5.74) is 0.918. The Kier molecular flexibility index (Phi) is 4.70. The molecule has 21 heavy (non-hydrogen) atoms. The van der Waals surface area contributed by atoms with Gasteiger partial charge in [-0.3, -0.25) is 4.79 Å². The third-order valence-electron chi connectivity index (χ3n) is 2.72. The topological polar surface area (TPSA) is 63.2 Å². The molecule has 2 aromatic carbocycles. The van der Waals surface area contributed by atoms with Gasteiger partial charge in [0.25, 0.3) is 5.91 Å². The van der Waals surface area contributed by atoms with E-state index in [4.69, 9.17) is 11.6 Å². The van der Waals surface area contributed by atoms with E-state index in [1.54, 1.807) is 18.2 Å². The number of halogens is 2. The number of anilines is 1. The van der Waals surface area contributed by atoms with Gasteiger partial charge < -0.3 is 5.32 Å². The van der Waals surface area contributed by atoms with Gasteiger partial charge in [-0.05, 0) is 58.4 Å². The Hall–Kier alpha value is -1.37. The van der Waals surface area contributed by atoms with Crippen molar-refractivity contribution in [2.24, 2.45) is 0 Å². The summed E-state index contributed by atoms with van der Waals surface area (Å²) in [7, 11) is -3.25. The van der Waals surface area contributed by atoms with Crippen molar-refractivity contribution in [2.75, 3.05) is 11.6 Å². The van der Waals surface area contributed by atoms with E-state index < -0.39 is 9.84 Å². The van der Waals surface area contributed by atoms with Crippen molar-refractivity contribution >= 4 is 49.0 Å². The molecule has 0 unspecified atom stereocenters. The van der Waals surface area contributed by atoms with Gasteiger partial charge in [0.05, 0.1) is 9.92 Å². The van der Waals surface area contributed by atoms with Crippen LogP contribution in [0.1, 0.15) is 10.4 Å². The Morgan fingerprint density at radius 3 is 2.29 bits per heavy atom. The predicted molar refractivity (Wildman–Crippen MR) is 86.7 cm³/mol. The van der Waals surface area contributed by atoms with E-state index in [1.807, 2.05) is 0 Å². The minimum atomic E-state index is -3.25. The van der Waals surface area contributed by atoms with E-state index in [-0.39, 0.29) is 10.8 Å². The molecule has 0 atom stereocenters. The molecule has 0 aliphatic heterocycles. The van der Waals surface area contributed by atoms with Crippen molar-refractivity contribution in [3.8, 4) is 0 Å². The number of hydrogen-bond acceptors (Lipinski definition) is 3. The van der Waals surface area contributed by atoms with Crippen molar-refractivity contribution in [3.63, 3.8) is 0 Å². The standard InChI is InChI=1S/C14H11BrClNO3S/c1-21(19,20)11-5-3-10(4-6-11)17-14(18)9-2-7-12(15)13(16)8-9/h2-8H,1H3,(H,17,18). The highest BCUT2D eigenvalue weighted by molar-refractivity contribution is 9.10. The van der Waals surface area contributed by atoms with E-state index >= 15 is 0 Å². The van der Waals surface area contributed by atoms with Crippen LogP contribution in [0.5, 0.6) is 0 Å². The molecule has 1 amide bonds. The molecule has 7 heteroatoms. The fourth-order valence-corrected chi connectivity index (χ4v) is 2.68. The molecule has 0 aromatic heterocycles. The molecule has 0 saturated carbocycles. The smallest absolute Gasteiger partial charge is 0.255 e. The summed E-state index contributed by atoms with van der Waals surface area (Å²) in [6, 6.07) is 10.8. The summed E-state index contributed by atoms with van der Waals surface area (Å²) in [6.45, 7) is 0. The lowest BCUT2D eigenvalue weighted by molar-refractivity contribution is 0.102. The second kappa shape index (κ2) is 6.17. The zero-order chi connectivity index (χ0) is 15.6. The molecule has 0 radical (unpaired) electrons. The molecule has 1 N–H and O–H groups in total. The maximum Gasteiger partial charge on any atom is 0.255 e. The average molecular weight is 389 g/mol. The van der Waals surface area contributed by atoms with E-state index in [2.05, 4.69) is 21.2 Å². The van der Waals surface area contributed by atoms with Crippen molar-refractivity contribution in [1.29, 1.82) is 0 Å². The van der Waals surface area contributed by atoms with Crippen LogP contribution in [-0.2, 0) is 9.84 Å². The second-order valence-corrected chi connectivity index (χ2v) is 7.66. The number of carbonyl (C=O) groups is 1. The molecule has 0 heterocycles. The first-order valence-corrected chi connectivity index (χ1v) is 8.90. The average Bonchev–Trinajstić information content (AvgIpc) is 2.41. The lowest BCUT2D eigenvalue weighted by Gasteiger charge is -2.07. The highest BCUT2D eigenvalue weighted by Crippen LogP contribution is 2.23. The Bertz CT molecular complexity index is 788. The van der Waals surface area contributed by atoms with Gasteiger partial charge in [-0.15, -0.1) is 0 Å². The van der Waals surface area contributed by atoms with Crippen LogP contribution < -0.4 is 5.32 Å². The van der Waals surface area contributed by atoms with E-state index in [0.29, 0.717) is 20.7 Å². The number of nitrogens with one attached hydrogen (secondary N) is 1. The minimum Gasteiger partial charge on any atom is -0.322 e. The molecular formula is C14H11BrClNO3S. The van der Waals surface area contributed by atoms with Gasteiger partial charge in [0, 0.05) is 22.0 Å². The molecule has 110 valence electrons.